The summed E-state index contributed by atoms with van der Waals surface area (Å²) in [6.45, 7) is 9.90. The maximum absolute atomic E-state index is 12.0. The zero-order valence-corrected chi connectivity index (χ0v) is 23.1. The van der Waals surface area contributed by atoms with E-state index < -0.39 is 6.29 Å². The number of aliphatic hydroxyl groups is 1. The first-order chi connectivity index (χ1) is 17.1. The van der Waals surface area contributed by atoms with Gasteiger partial charge in [-0.05, 0) is 12.8 Å². The van der Waals surface area contributed by atoms with Crippen LogP contribution in [0.15, 0.2) is 0 Å². The van der Waals surface area contributed by atoms with E-state index in [0.717, 1.165) is 26.1 Å². The minimum Gasteiger partial charge on any atom is -0.465 e. The molecule has 1 unspecified atom stereocenters. The summed E-state index contributed by atoms with van der Waals surface area (Å²) in [5.41, 5.74) is 0. The van der Waals surface area contributed by atoms with Gasteiger partial charge in [-0.1, -0.05) is 85.0 Å². The van der Waals surface area contributed by atoms with E-state index in [2.05, 4.69) is 13.8 Å². The highest BCUT2D eigenvalue weighted by molar-refractivity contribution is 5.69. The van der Waals surface area contributed by atoms with Crippen LogP contribution < -0.4 is 0 Å². The average molecular weight is 505 g/mol. The molecule has 0 fully saturated rings. The molecular weight excluding hydrogens is 448 g/mol. The van der Waals surface area contributed by atoms with Gasteiger partial charge >= 0.3 is 5.97 Å². The summed E-state index contributed by atoms with van der Waals surface area (Å²) in [4.78, 5) is 12.0. The summed E-state index contributed by atoms with van der Waals surface area (Å²) in [7, 11) is 0. The van der Waals surface area contributed by atoms with Gasteiger partial charge < -0.3 is 28.8 Å². The lowest BCUT2D eigenvalue weighted by molar-refractivity contribution is -0.168. The molecule has 0 rings (SSSR count). The number of rotatable bonds is 28. The van der Waals surface area contributed by atoms with Crippen molar-refractivity contribution in [2.75, 3.05) is 52.9 Å². The molecule has 0 aliphatic heterocycles. The first-order valence-corrected chi connectivity index (χ1v) is 14.3. The Morgan fingerprint density at radius 1 is 0.686 bits per heavy atom. The highest BCUT2D eigenvalue weighted by Gasteiger charge is 2.14. The second-order valence-corrected chi connectivity index (χ2v) is 9.44. The van der Waals surface area contributed by atoms with Crippen molar-refractivity contribution >= 4 is 5.97 Å². The molecule has 0 amide bonds. The quantitative estimate of drug-likeness (QED) is 0.0788. The monoisotopic (exact) mass is 504 g/mol. The molecule has 0 aromatic heterocycles. The summed E-state index contributed by atoms with van der Waals surface area (Å²) < 4.78 is 28.2. The van der Waals surface area contributed by atoms with Crippen LogP contribution in [0.2, 0.25) is 0 Å². The van der Waals surface area contributed by atoms with Crippen LogP contribution in [0.1, 0.15) is 111 Å². The van der Waals surface area contributed by atoms with E-state index in [-0.39, 0.29) is 31.5 Å². The fourth-order valence-electron chi connectivity index (χ4n) is 3.46. The van der Waals surface area contributed by atoms with Gasteiger partial charge in [0.05, 0.1) is 39.5 Å². The van der Waals surface area contributed by atoms with Crippen LogP contribution in [0, 0.1) is 5.92 Å². The predicted molar refractivity (Wildman–Crippen MR) is 141 cm³/mol. The Bertz CT molecular complexity index is 410. The van der Waals surface area contributed by atoms with Crippen molar-refractivity contribution in [3.63, 3.8) is 0 Å². The van der Waals surface area contributed by atoms with Crippen molar-refractivity contribution in [3.05, 3.63) is 0 Å². The van der Waals surface area contributed by atoms with Crippen molar-refractivity contribution in [3.8, 4) is 0 Å². The number of hydrogen-bond donors (Lipinski definition) is 1. The second kappa shape index (κ2) is 27.9. The zero-order valence-electron chi connectivity index (χ0n) is 23.1. The van der Waals surface area contributed by atoms with Crippen LogP contribution in [0.25, 0.3) is 0 Å². The average Bonchev–Trinajstić information content (AvgIpc) is 2.87. The van der Waals surface area contributed by atoms with Crippen LogP contribution in [0.4, 0.5) is 0 Å². The summed E-state index contributed by atoms with van der Waals surface area (Å²) in [6, 6.07) is 0. The molecule has 0 saturated heterocycles. The molecule has 210 valence electrons. The lowest BCUT2D eigenvalue weighted by Gasteiger charge is -2.19. The molecule has 0 spiro atoms. The fraction of sp³-hybridized carbons (Fsp3) is 0.964. The van der Waals surface area contributed by atoms with Crippen molar-refractivity contribution in [1.82, 2.24) is 0 Å². The molecule has 0 heterocycles. The van der Waals surface area contributed by atoms with Crippen LogP contribution in [-0.2, 0) is 28.5 Å². The minimum atomic E-state index is -0.492. The Labute approximate surface area is 215 Å². The van der Waals surface area contributed by atoms with Gasteiger partial charge in [-0.15, -0.1) is 0 Å². The number of aliphatic hydroxyl groups excluding tert-OH is 1. The van der Waals surface area contributed by atoms with Crippen LogP contribution >= 0.6 is 0 Å². The summed E-state index contributed by atoms with van der Waals surface area (Å²) in [5.74, 6) is -0.365. The van der Waals surface area contributed by atoms with E-state index >= 15 is 0 Å². The molecule has 0 aliphatic rings. The van der Waals surface area contributed by atoms with E-state index in [9.17, 15) is 4.79 Å². The smallest absolute Gasteiger partial charge is 0.305 e. The molecule has 1 atom stereocenters. The van der Waals surface area contributed by atoms with Crippen molar-refractivity contribution < 1.29 is 33.6 Å². The van der Waals surface area contributed by atoms with E-state index in [4.69, 9.17) is 28.8 Å². The molecule has 1 N–H and O–H groups in total. The minimum absolute atomic E-state index is 0.000390. The molecule has 35 heavy (non-hydrogen) atoms. The normalized spacial score (nSPS) is 12.4. The van der Waals surface area contributed by atoms with Gasteiger partial charge in [-0.2, -0.15) is 0 Å². The molecule has 0 bridgehead atoms. The third kappa shape index (κ3) is 26.2. The molecule has 0 aliphatic carbocycles. The van der Waals surface area contributed by atoms with E-state index in [1.54, 1.807) is 0 Å². The summed E-state index contributed by atoms with van der Waals surface area (Å²) in [6.07, 6.45) is 15.0. The van der Waals surface area contributed by atoms with Gasteiger partial charge in [0.1, 0.15) is 0 Å². The molecule has 7 nitrogen and oxygen atoms in total. The number of carbonyl (C=O) groups is 1. The number of unbranched alkanes of at least 4 members (excludes halogenated alkanes) is 10. The second-order valence-electron chi connectivity index (χ2n) is 9.44. The number of ether oxygens (including phenoxy) is 5. The van der Waals surface area contributed by atoms with Crippen LogP contribution in [-0.4, -0.2) is 70.2 Å². The van der Waals surface area contributed by atoms with Gasteiger partial charge in [0.15, 0.2) is 6.29 Å². The SMILES string of the molecule is CCCCCCCCOCCOC(CCC(=O)OCC(C)CO)OCCOCCCCCCCC. The van der Waals surface area contributed by atoms with Crippen LogP contribution in [0.3, 0.4) is 0 Å². The number of hydrogen-bond acceptors (Lipinski definition) is 7. The molecule has 0 radical (unpaired) electrons. The van der Waals surface area contributed by atoms with Crippen LogP contribution in [0.5, 0.6) is 0 Å². The summed E-state index contributed by atoms with van der Waals surface area (Å²) in [5, 5.41) is 9.06. The van der Waals surface area contributed by atoms with E-state index in [0.29, 0.717) is 32.8 Å². The van der Waals surface area contributed by atoms with Gasteiger partial charge in [-0.25, -0.2) is 0 Å². The Morgan fingerprint density at radius 3 is 1.66 bits per heavy atom. The maximum atomic E-state index is 12.0. The Hall–Kier alpha value is -0.730. The van der Waals surface area contributed by atoms with Crippen molar-refractivity contribution in [2.24, 2.45) is 5.92 Å². The van der Waals surface area contributed by atoms with Crippen molar-refractivity contribution in [1.29, 1.82) is 0 Å². The lowest BCUT2D eigenvalue weighted by Crippen LogP contribution is -2.24. The Kier molecular flexibility index (Phi) is 27.3. The van der Waals surface area contributed by atoms with Gasteiger partial charge in [0, 0.05) is 32.2 Å². The van der Waals surface area contributed by atoms with E-state index in [1.807, 2.05) is 6.92 Å². The topological polar surface area (TPSA) is 83.5 Å². The number of carbonyl (C=O) groups excluding carboxylic acids is 1. The summed E-state index contributed by atoms with van der Waals surface area (Å²) >= 11 is 0. The molecule has 0 aromatic rings. The molecule has 7 heteroatoms. The zero-order chi connectivity index (χ0) is 25.8. The molecule has 0 aromatic carbocycles. The largest absolute Gasteiger partial charge is 0.465 e. The highest BCUT2D eigenvalue weighted by atomic mass is 16.7. The predicted octanol–water partition coefficient (Wildman–Crippen LogP) is 6.05. The molecule has 0 saturated carbocycles. The first-order valence-electron chi connectivity index (χ1n) is 14.3. The van der Waals surface area contributed by atoms with Crippen molar-refractivity contribution in [2.45, 2.75) is 117 Å². The van der Waals surface area contributed by atoms with E-state index in [1.165, 1.54) is 64.2 Å². The van der Waals surface area contributed by atoms with Gasteiger partial charge in [-0.3, -0.25) is 4.79 Å². The van der Waals surface area contributed by atoms with Gasteiger partial charge in [0.25, 0.3) is 0 Å². The number of esters is 1. The Balaban J connectivity index is 4.02. The standard InChI is InChI=1S/C28H56O7/c1-4-6-8-10-12-14-18-31-20-22-33-28(17-16-27(30)35-25-26(3)24-29)34-23-21-32-19-15-13-11-9-7-5-2/h26,28-29H,4-25H2,1-3H3. The maximum Gasteiger partial charge on any atom is 0.305 e. The third-order valence-electron chi connectivity index (χ3n) is 5.77. The van der Waals surface area contributed by atoms with Gasteiger partial charge in [0.2, 0.25) is 0 Å². The highest BCUT2D eigenvalue weighted by Crippen LogP contribution is 2.09. The Morgan fingerprint density at radius 2 is 1.17 bits per heavy atom. The lowest BCUT2D eigenvalue weighted by atomic mass is 10.1. The fourth-order valence-corrected chi connectivity index (χ4v) is 3.46. The third-order valence-corrected chi connectivity index (χ3v) is 5.77. The first kappa shape index (κ1) is 34.3. The molecular formula is C28H56O7.